The molecule has 0 aliphatic heterocycles. The average Bonchev–Trinajstić information content (AvgIpc) is 2.55. The zero-order valence-electron chi connectivity index (χ0n) is 13.3. The summed E-state index contributed by atoms with van der Waals surface area (Å²) in [6.45, 7) is 4.24. The van der Waals surface area contributed by atoms with Crippen LogP contribution in [-0.4, -0.2) is 5.78 Å². The summed E-state index contributed by atoms with van der Waals surface area (Å²) in [5.74, 6) is 2.15. The predicted molar refractivity (Wildman–Crippen MR) is 88.2 cm³/mol. The molecule has 1 heteroatoms. The topological polar surface area (TPSA) is 17.1 Å². The molecular formula is C20H26O. The SMILES string of the molecule is CCCC(C)C(=O)CC1=CCC2CCC2c2ccccc21. The van der Waals surface area contributed by atoms with Gasteiger partial charge in [0.25, 0.3) is 0 Å². The molecular weight excluding hydrogens is 256 g/mol. The Morgan fingerprint density at radius 2 is 2.10 bits per heavy atom. The normalized spacial score (nSPS) is 25.0. The molecule has 0 radical (unpaired) electrons. The van der Waals surface area contributed by atoms with Crippen LogP contribution in [0.3, 0.4) is 0 Å². The van der Waals surface area contributed by atoms with E-state index in [1.165, 1.54) is 29.5 Å². The number of benzene rings is 1. The standard InChI is InChI=1S/C20H26O/c1-3-6-14(2)20(21)13-16-10-9-15-11-12-18(15)19-8-5-4-7-17(16)19/h4-5,7-8,10,14-15,18H,3,6,9,11-13H2,1-2H3. The molecule has 0 heterocycles. The third-order valence-electron chi connectivity index (χ3n) is 5.43. The van der Waals surface area contributed by atoms with Crippen molar-refractivity contribution in [3.05, 3.63) is 41.5 Å². The fourth-order valence-electron chi connectivity index (χ4n) is 3.90. The van der Waals surface area contributed by atoms with Gasteiger partial charge in [-0.15, -0.1) is 0 Å². The number of carbonyl (C=O) groups excluding carboxylic acids is 1. The van der Waals surface area contributed by atoms with Crippen molar-refractivity contribution in [3.8, 4) is 0 Å². The Morgan fingerprint density at radius 1 is 1.29 bits per heavy atom. The van der Waals surface area contributed by atoms with Crippen LogP contribution in [0, 0.1) is 11.8 Å². The lowest BCUT2D eigenvalue weighted by Gasteiger charge is -2.36. The molecule has 3 atom stereocenters. The molecule has 3 unspecified atom stereocenters. The van der Waals surface area contributed by atoms with E-state index < -0.39 is 0 Å². The highest BCUT2D eigenvalue weighted by atomic mass is 16.1. The first kappa shape index (κ1) is 14.6. The van der Waals surface area contributed by atoms with Gasteiger partial charge < -0.3 is 0 Å². The van der Waals surface area contributed by atoms with Gasteiger partial charge in [-0.2, -0.15) is 0 Å². The molecule has 2 aliphatic rings. The van der Waals surface area contributed by atoms with Crippen LogP contribution >= 0.6 is 0 Å². The lowest BCUT2D eigenvalue weighted by Crippen LogP contribution is -2.22. The molecule has 1 aromatic carbocycles. The zero-order chi connectivity index (χ0) is 14.8. The maximum absolute atomic E-state index is 12.5. The van der Waals surface area contributed by atoms with Crippen molar-refractivity contribution >= 4 is 11.4 Å². The molecule has 1 saturated carbocycles. The second kappa shape index (κ2) is 6.17. The van der Waals surface area contributed by atoms with Gasteiger partial charge in [0, 0.05) is 12.3 Å². The summed E-state index contributed by atoms with van der Waals surface area (Å²) in [4.78, 5) is 12.5. The quantitative estimate of drug-likeness (QED) is 0.710. The molecule has 1 nitrogen and oxygen atoms in total. The van der Waals surface area contributed by atoms with Gasteiger partial charge in [0.15, 0.2) is 0 Å². The summed E-state index contributed by atoms with van der Waals surface area (Å²) in [6, 6.07) is 8.77. The Balaban J connectivity index is 1.84. The molecule has 0 bridgehead atoms. The van der Waals surface area contributed by atoms with E-state index in [4.69, 9.17) is 0 Å². The van der Waals surface area contributed by atoms with Crippen LogP contribution in [0.2, 0.25) is 0 Å². The van der Waals surface area contributed by atoms with Gasteiger partial charge >= 0.3 is 0 Å². The molecule has 3 rings (SSSR count). The highest BCUT2D eigenvalue weighted by Crippen LogP contribution is 2.49. The highest BCUT2D eigenvalue weighted by Gasteiger charge is 2.35. The number of ketones is 1. The maximum Gasteiger partial charge on any atom is 0.140 e. The first-order valence-electron chi connectivity index (χ1n) is 8.51. The van der Waals surface area contributed by atoms with E-state index in [1.807, 2.05) is 0 Å². The van der Waals surface area contributed by atoms with E-state index in [-0.39, 0.29) is 5.92 Å². The van der Waals surface area contributed by atoms with Crippen molar-refractivity contribution in [3.63, 3.8) is 0 Å². The Kier molecular flexibility index (Phi) is 4.28. The molecule has 112 valence electrons. The summed E-state index contributed by atoms with van der Waals surface area (Å²) in [6.07, 6.45) is 8.92. The molecule has 2 aliphatic carbocycles. The van der Waals surface area contributed by atoms with E-state index in [9.17, 15) is 4.79 Å². The summed E-state index contributed by atoms with van der Waals surface area (Å²) in [5, 5.41) is 0. The van der Waals surface area contributed by atoms with Crippen molar-refractivity contribution < 1.29 is 4.79 Å². The number of hydrogen-bond donors (Lipinski definition) is 0. The summed E-state index contributed by atoms with van der Waals surface area (Å²) in [7, 11) is 0. The van der Waals surface area contributed by atoms with Crippen LogP contribution in [0.15, 0.2) is 30.3 Å². The number of fused-ring (bicyclic) bond motifs is 3. The number of Topliss-reactive ketones (excluding diaryl/α,β-unsaturated/α-hetero) is 1. The minimum absolute atomic E-state index is 0.197. The fraction of sp³-hybridized carbons (Fsp3) is 0.550. The van der Waals surface area contributed by atoms with Crippen LogP contribution in [0.5, 0.6) is 0 Å². The first-order valence-corrected chi connectivity index (χ1v) is 8.51. The van der Waals surface area contributed by atoms with Gasteiger partial charge in [-0.25, -0.2) is 0 Å². The minimum atomic E-state index is 0.197. The smallest absolute Gasteiger partial charge is 0.140 e. The Morgan fingerprint density at radius 3 is 2.81 bits per heavy atom. The van der Waals surface area contributed by atoms with E-state index in [1.54, 1.807) is 0 Å². The van der Waals surface area contributed by atoms with Gasteiger partial charge in [0.1, 0.15) is 5.78 Å². The molecule has 21 heavy (non-hydrogen) atoms. The van der Waals surface area contributed by atoms with E-state index >= 15 is 0 Å². The third kappa shape index (κ3) is 2.84. The molecule has 0 saturated heterocycles. The van der Waals surface area contributed by atoms with Crippen molar-refractivity contribution in [2.45, 2.75) is 58.3 Å². The van der Waals surface area contributed by atoms with Crippen LogP contribution in [0.25, 0.3) is 5.57 Å². The summed E-state index contributed by atoms with van der Waals surface area (Å²) < 4.78 is 0. The van der Waals surface area contributed by atoms with Gasteiger partial charge in [-0.05, 0) is 54.2 Å². The van der Waals surface area contributed by atoms with Crippen molar-refractivity contribution in [1.29, 1.82) is 0 Å². The van der Waals surface area contributed by atoms with Gasteiger partial charge in [0.2, 0.25) is 0 Å². The van der Waals surface area contributed by atoms with Crippen LogP contribution < -0.4 is 0 Å². The number of rotatable bonds is 5. The van der Waals surface area contributed by atoms with Crippen molar-refractivity contribution in [2.24, 2.45) is 11.8 Å². The highest BCUT2D eigenvalue weighted by molar-refractivity contribution is 5.92. The maximum atomic E-state index is 12.5. The largest absolute Gasteiger partial charge is 0.299 e. The van der Waals surface area contributed by atoms with Crippen LogP contribution in [0.1, 0.15) is 69.4 Å². The Hall–Kier alpha value is -1.37. The molecule has 0 aromatic heterocycles. The molecule has 0 amide bonds. The number of hydrogen-bond acceptors (Lipinski definition) is 1. The van der Waals surface area contributed by atoms with Crippen molar-refractivity contribution in [2.75, 3.05) is 0 Å². The second-order valence-corrected chi connectivity index (χ2v) is 6.83. The molecule has 1 aromatic rings. The monoisotopic (exact) mass is 282 g/mol. The first-order chi connectivity index (χ1) is 10.2. The third-order valence-corrected chi connectivity index (χ3v) is 5.43. The van der Waals surface area contributed by atoms with Crippen LogP contribution in [0.4, 0.5) is 0 Å². The van der Waals surface area contributed by atoms with Gasteiger partial charge in [-0.3, -0.25) is 4.79 Å². The zero-order valence-corrected chi connectivity index (χ0v) is 13.3. The summed E-state index contributed by atoms with van der Waals surface area (Å²) in [5.41, 5.74) is 4.13. The second-order valence-electron chi connectivity index (χ2n) is 6.83. The fourth-order valence-corrected chi connectivity index (χ4v) is 3.90. The average molecular weight is 282 g/mol. The van der Waals surface area contributed by atoms with Crippen molar-refractivity contribution in [1.82, 2.24) is 0 Å². The number of carbonyl (C=O) groups is 1. The van der Waals surface area contributed by atoms with E-state index in [2.05, 4.69) is 44.2 Å². The summed E-state index contributed by atoms with van der Waals surface area (Å²) >= 11 is 0. The molecule has 0 spiro atoms. The molecule has 1 fully saturated rings. The van der Waals surface area contributed by atoms with E-state index in [0.717, 1.165) is 31.1 Å². The molecule has 0 N–H and O–H groups in total. The van der Waals surface area contributed by atoms with Crippen LogP contribution in [-0.2, 0) is 4.79 Å². The van der Waals surface area contributed by atoms with Gasteiger partial charge in [-0.1, -0.05) is 50.6 Å². The lowest BCUT2D eigenvalue weighted by molar-refractivity contribution is -0.121. The Labute approximate surface area is 128 Å². The lowest BCUT2D eigenvalue weighted by atomic mass is 9.68. The number of allylic oxidation sites excluding steroid dienone is 2. The minimum Gasteiger partial charge on any atom is -0.299 e. The van der Waals surface area contributed by atoms with E-state index in [0.29, 0.717) is 12.2 Å². The Bertz CT molecular complexity index is 555. The van der Waals surface area contributed by atoms with Gasteiger partial charge in [0.05, 0.1) is 0 Å². The predicted octanol–water partition coefficient (Wildman–Crippen LogP) is 5.36.